The third-order valence-corrected chi connectivity index (χ3v) is 14.7. The van der Waals surface area contributed by atoms with Crippen molar-refractivity contribution in [1.29, 1.82) is 0 Å². The second-order valence-electron chi connectivity index (χ2n) is 18.1. The van der Waals surface area contributed by atoms with Crippen molar-refractivity contribution >= 4 is 0 Å². The van der Waals surface area contributed by atoms with Gasteiger partial charge in [-0.25, -0.2) is 0 Å². The topological polar surface area (TPSA) is 40.5 Å². The Hall–Kier alpha value is -1.96. The SMILES string of the molecule is Oc1c(C2CCCCC2)cc(C2CCCCC2)cc1C1CCCCC1.Oc1c(C2CCCCC2)cc(C2CCCCC2)cc1C1CCCCC1. The van der Waals surface area contributed by atoms with E-state index in [9.17, 15) is 10.2 Å². The maximum absolute atomic E-state index is 11.2. The smallest absolute Gasteiger partial charge is 0.122 e. The minimum Gasteiger partial charge on any atom is -0.507 e. The average Bonchev–Trinajstić information content (AvgIpc) is 3.20. The molecular weight excluding hydrogens is 609 g/mol. The lowest BCUT2D eigenvalue weighted by molar-refractivity contribution is 0.389. The van der Waals surface area contributed by atoms with E-state index in [0.717, 1.165) is 11.8 Å². The molecule has 6 aliphatic carbocycles. The van der Waals surface area contributed by atoms with Gasteiger partial charge in [0.05, 0.1) is 0 Å². The Balaban J connectivity index is 0.000000157. The summed E-state index contributed by atoms with van der Waals surface area (Å²) in [4.78, 5) is 0. The molecule has 8 rings (SSSR count). The molecule has 2 heteroatoms. The van der Waals surface area contributed by atoms with E-state index >= 15 is 0 Å². The zero-order chi connectivity index (χ0) is 34.1. The highest BCUT2D eigenvalue weighted by molar-refractivity contribution is 5.50. The van der Waals surface area contributed by atoms with Crippen molar-refractivity contribution in [2.24, 2.45) is 0 Å². The van der Waals surface area contributed by atoms with E-state index in [1.54, 1.807) is 11.1 Å². The summed E-state index contributed by atoms with van der Waals surface area (Å²) >= 11 is 0. The van der Waals surface area contributed by atoms with E-state index in [1.807, 2.05) is 0 Å². The Morgan fingerprint density at radius 3 is 0.640 bits per heavy atom. The van der Waals surface area contributed by atoms with Gasteiger partial charge in [-0.2, -0.15) is 0 Å². The summed E-state index contributed by atoms with van der Waals surface area (Å²) in [5.41, 5.74) is 8.43. The standard InChI is InChI=1S/2C24H36O/c2*25-24-22(19-12-6-2-7-13-19)16-21(18-10-4-1-5-11-18)17-23(24)20-14-8-3-9-15-20/h2*16-20,25H,1-15H2. The van der Waals surface area contributed by atoms with Gasteiger partial charge in [-0.15, -0.1) is 0 Å². The van der Waals surface area contributed by atoms with Gasteiger partial charge in [0.15, 0.2) is 0 Å². The second-order valence-corrected chi connectivity index (χ2v) is 18.1. The van der Waals surface area contributed by atoms with Crippen LogP contribution in [-0.2, 0) is 0 Å². The van der Waals surface area contributed by atoms with Crippen molar-refractivity contribution in [3.63, 3.8) is 0 Å². The van der Waals surface area contributed by atoms with Crippen LogP contribution in [0.25, 0.3) is 0 Å². The Kier molecular flexibility index (Phi) is 13.2. The molecule has 2 N–H and O–H groups in total. The Morgan fingerprint density at radius 2 is 0.440 bits per heavy atom. The third-order valence-electron chi connectivity index (χ3n) is 14.7. The first-order valence-corrected chi connectivity index (χ1v) is 22.4. The first kappa shape index (κ1) is 36.4. The van der Waals surface area contributed by atoms with Crippen LogP contribution in [0, 0.1) is 0 Å². The molecule has 6 fully saturated rings. The van der Waals surface area contributed by atoms with Crippen molar-refractivity contribution in [3.05, 3.63) is 57.6 Å². The molecule has 0 heterocycles. The van der Waals surface area contributed by atoms with E-state index in [4.69, 9.17) is 0 Å². The molecule has 0 spiro atoms. The van der Waals surface area contributed by atoms with Gasteiger partial charge in [0.1, 0.15) is 11.5 Å². The molecule has 6 saturated carbocycles. The van der Waals surface area contributed by atoms with E-state index in [0.29, 0.717) is 35.2 Å². The molecule has 0 bridgehead atoms. The van der Waals surface area contributed by atoms with Crippen molar-refractivity contribution in [2.75, 3.05) is 0 Å². The van der Waals surface area contributed by atoms with Crippen LogP contribution >= 0.6 is 0 Å². The van der Waals surface area contributed by atoms with Gasteiger partial charge in [-0.1, -0.05) is 140 Å². The quantitative estimate of drug-likeness (QED) is 0.319. The van der Waals surface area contributed by atoms with Crippen LogP contribution < -0.4 is 0 Å². The molecule has 2 nitrogen and oxygen atoms in total. The minimum atomic E-state index is 0.611. The first-order chi connectivity index (χ1) is 24.7. The van der Waals surface area contributed by atoms with Gasteiger partial charge in [-0.05, 0) is 146 Å². The van der Waals surface area contributed by atoms with Gasteiger partial charge < -0.3 is 10.2 Å². The summed E-state index contributed by atoms with van der Waals surface area (Å²) in [6.45, 7) is 0. The van der Waals surface area contributed by atoms with Gasteiger partial charge >= 0.3 is 0 Å². The molecular formula is C48H72O2. The van der Waals surface area contributed by atoms with Crippen LogP contribution in [0.1, 0.15) is 262 Å². The predicted octanol–water partition coefficient (Wildman–Crippen LogP) is 15.1. The molecule has 50 heavy (non-hydrogen) atoms. The molecule has 6 aliphatic rings. The fraction of sp³-hybridized carbons (Fsp3) is 0.750. The summed E-state index contributed by atoms with van der Waals surface area (Å²) in [7, 11) is 0. The predicted molar refractivity (Wildman–Crippen MR) is 211 cm³/mol. The third kappa shape index (κ3) is 8.97. The van der Waals surface area contributed by atoms with Gasteiger partial charge in [0, 0.05) is 0 Å². The lowest BCUT2D eigenvalue weighted by Crippen LogP contribution is -2.12. The Morgan fingerprint density at radius 1 is 0.260 bits per heavy atom. The van der Waals surface area contributed by atoms with Crippen LogP contribution in [0.5, 0.6) is 11.5 Å². The molecule has 0 aromatic heterocycles. The van der Waals surface area contributed by atoms with Crippen LogP contribution in [-0.4, -0.2) is 10.2 Å². The van der Waals surface area contributed by atoms with Gasteiger partial charge in [0.2, 0.25) is 0 Å². The zero-order valence-corrected chi connectivity index (χ0v) is 31.9. The average molecular weight is 681 g/mol. The summed E-state index contributed by atoms with van der Waals surface area (Å²) in [5, 5.41) is 22.4. The molecule has 0 radical (unpaired) electrons. The van der Waals surface area contributed by atoms with Gasteiger partial charge in [-0.3, -0.25) is 0 Å². The monoisotopic (exact) mass is 681 g/mol. The maximum Gasteiger partial charge on any atom is 0.122 e. The number of rotatable bonds is 6. The Bertz CT molecular complexity index is 1140. The van der Waals surface area contributed by atoms with Crippen molar-refractivity contribution in [3.8, 4) is 11.5 Å². The molecule has 0 unspecified atom stereocenters. The zero-order valence-electron chi connectivity index (χ0n) is 31.9. The van der Waals surface area contributed by atoms with E-state index in [-0.39, 0.29) is 0 Å². The summed E-state index contributed by atoms with van der Waals surface area (Å²) < 4.78 is 0. The second kappa shape index (κ2) is 18.2. The normalized spacial score (nSPS) is 24.5. The van der Waals surface area contributed by atoms with Crippen LogP contribution in [0.3, 0.4) is 0 Å². The van der Waals surface area contributed by atoms with Crippen molar-refractivity contribution in [1.82, 2.24) is 0 Å². The lowest BCUT2D eigenvalue weighted by Gasteiger charge is -2.30. The molecule has 2 aromatic carbocycles. The highest BCUT2D eigenvalue weighted by Gasteiger charge is 2.29. The van der Waals surface area contributed by atoms with E-state index in [2.05, 4.69) is 24.3 Å². The maximum atomic E-state index is 11.2. The number of aromatic hydroxyl groups is 2. The van der Waals surface area contributed by atoms with Gasteiger partial charge in [0.25, 0.3) is 0 Å². The van der Waals surface area contributed by atoms with Crippen LogP contribution in [0.15, 0.2) is 24.3 Å². The van der Waals surface area contributed by atoms with E-state index in [1.165, 1.54) is 215 Å². The molecule has 0 amide bonds. The molecule has 0 saturated heterocycles. The van der Waals surface area contributed by atoms with Crippen LogP contribution in [0.2, 0.25) is 0 Å². The highest BCUT2D eigenvalue weighted by Crippen LogP contribution is 2.48. The van der Waals surface area contributed by atoms with Crippen LogP contribution in [0.4, 0.5) is 0 Å². The fourth-order valence-corrected chi connectivity index (χ4v) is 11.7. The van der Waals surface area contributed by atoms with Crippen molar-refractivity contribution in [2.45, 2.75) is 228 Å². The van der Waals surface area contributed by atoms with Crippen molar-refractivity contribution < 1.29 is 10.2 Å². The lowest BCUT2D eigenvalue weighted by atomic mass is 9.75. The molecule has 276 valence electrons. The summed E-state index contributed by atoms with van der Waals surface area (Å²) in [6.07, 6.45) is 40.4. The first-order valence-electron chi connectivity index (χ1n) is 22.4. The number of hydrogen-bond acceptors (Lipinski definition) is 2. The molecule has 2 aromatic rings. The Labute approximate surface area is 306 Å². The number of phenols is 2. The fourth-order valence-electron chi connectivity index (χ4n) is 11.7. The minimum absolute atomic E-state index is 0.611. The highest BCUT2D eigenvalue weighted by atomic mass is 16.3. The largest absolute Gasteiger partial charge is 0.507 e. The molecule has 0 atom stereocenters. The number of benzene rings is 2. The summed E-state index contributed by atoms with van der Waals surface area (Å²) in [5.74, 6) is 5.33. The van der Waals surface area contributed by atoms with E-state index < -0.39 is 0 Å². The number of phenolic OH excluding ortho intramolecular Hbond substituents is 2. The molecule has 0 aliphatic heterocycles. The summed E-state index contributed by atoms with van der Waals surface area (Å²) in [6, 6.07) is 9.75. The number of hydrogen-bond donors (Lipinski definition) is 2.